The molecule has 172 valence electrons. The first kappa shape index (κ1) is 22.8. The molecule has 9 heteroatoms. The molecule has 4 aromatic rings. The van der Waals surface area contributed by atoms with Gasteiger partial charge in [0.2, 0.25) is 6.10 Å². The molecule has 0 saturated heterocycles. The summed E-state index contributed by atoms with van der Waals surface area (Å²) < 4.78 is 44.5. The maximum Gasteiger partial charge on any atom is 0.416 e. The normalized spacial score (nSPS) is 12.2. The van der Waals surface area contributed by atoms with Crippen LogP contribution in [0.4, 0.5) is 18.9 Å². The fourth-order valence-electron chi connectivity index (χ4n) is 3.36. The van der Waals surface area contributed by atoms with Crippen LogP contribution in [0.15, 0.2) is 89.7 Å². The average Bonchev–Trinajstić information content (AvgIpc) is 2.82. The van der Waals surface area contributed by atoms with Gasteiger partial charge in [-0.05, 0) is 30.3 Å². The Hall–Kier alpha value is -4.40. The minimum Gasteiger partial charge on any atom is -0.443 e. The monoisotopic (exact) mass is 466 g/mol. The number of hydrogen-bond donors (Lipinski definition) is 2. The highest BCUT2D eigenvalue weighted by Gasteiger charge is 2.31. The van der Waals surface area contributed by atoms with E-state index in [1.165, 1.54) is 18.2 Å². The minimum atomic E-state index is -4.59. The summed E-state index contributed by atoms with van der Waals surface area (Å²) in [6.07, 6.45) is -6.08. The second-order valence-corrected chi connectivity index (χ2v) is 7.36. The Kier molecular flexibility index (Phi) is 6.18. The Morgan fingerprint density at radius 1 is 0.882 bits per heavy atom. The number of aromatic nitrogens is 1. The third-order valence-electron chi connectivity index (χ3n) is 4.98. The van der Waals surface area contributed by atoms with Gasteiger partial charge in [-0.25, -0.2) is 4.79 Å². The maximum atomic E-state index is 13.0. The molecule has 1 aromatic heterocycles. The van der Waals surface area contributed by atoms with Crippen molar-refractivity contribution in [3.8, 4) is 0 Å². The van der Waals surface area contributed by atoms with E-state index in [1.54, 1.807) is 42.5 Å². The minimum absolute atomic E-state index is 0.115. The molecule has 6 nitrogen and oxygen atoms in total. The van der Waals surface area contributed by atoms with Crippen LogP contribution in [-0.4, -0.2) is 16.9 Å². The number of hydrogen-bond acceptors (Lipinski definition) is 4. The van der Waals surface area contributed by atoms with Crippen molar-refractivity contribution in [1.29, 1.82) is 0 Å². The molecule has 0 aliphatic carbocycles. The van der Waals surface area contributed by atoms with Crippen molar-refractivity contribution in [3.63, 3.8) is 0 Å². The number of anilines is 1. The molecule has 2 N–H and O–H groups in total. The van der Waals surface area contributed by atoms with Gasteiger partial charge in [0.05, 0.1) is 5.56 Å². The molecule has 0 aliphatic rings. The summed E-state index contributed by atoms with van der Waals surface area (Å²) in [4.78, 5) is 41.0. The molecule has 3 aromatic carbocycles. The van der Waals surface area contributed by atoms with Crippen molar-refractivity contribution in [1.82, 2.24) is 4.98 Å². The van der Waals surface area contributed by atoms with E-state index in [9.17, 15) is 27.6 Å². The molecule has 1 atom stereocenters. The summed E-state index contributed by atoms with van der Waals surface area (Å²) in [7, 11) is 0. The Morgan fingerprint density at radius 3 is 2.32 bits per heavy atom. The zero-order chi connectivity index (χ0) is 24.3. The first-order chi connectivity index (χ1) is 16.2. The fourth-order valence-corrected chi connectivity index (χ4v) is 3.36. The van der Waals surface area contributed by atoms with E-state index in [-0.39, 0.29) is 11.4 Å². The first-order valence-corrected chi connectivity index (χ1v) is 10.1. The zero-order valence-electron chi connectivity index (χ0n) is 17.4. The molecule has 1 heterocycles. The van der Waals surface area contributed by atoms with Crippen LogP contribution in [0.3, 0.4) is 0 Å². The third kappa shape index (κ3) is 4.98. The highest BCUT2D eigenvalue weighted by molar-refractivity contribution is 5.98. The lowest BCUT2D eigenvalue weighted by atomic mass is 10.1. The Bertz CT molecular complexity index is 1420. The van der Waals surface area contributed by atoms with Crippen LogP contribution in [0, 0.1) is 0 Å². The lowest BCUT2D eigenvalue weighted by Gasteiger charge is -2.18. The lowest BCUT2D eigenvalue weighted by Crippen LogP contribution is -2.26. The van der Waals surface area contributed by atoms with E-state index in [2.05, 4.69) is 10.3 Å². The largest absolute Gasteiger partial charge is 0.443 e. The quantitative estimate of drug-likeness (QED) is 0.402. The Morgan fingerprint density at radius 2 is 1.59 bits per heavy atom. The number of carbonyl (C=O) groups is 2. The summed E-state index contributed by atoms with van der Waals surface area (Å²) >= 11 is 0. The number of fused-ring (bicyclic) bond motifs is 1. The lowest BCUT2D eigenvalue weighted by molar-refractivity contribution is -0.137. The zero-order valence-corrected chi connectivity index (χ0v) is 17.4. The number of aromatic amines is 1. The van der Waals surface area contributed by atoms with Gasteiger partial charge in [-0.15, -0.1) is 0 Å². The van der Waals surface area contributed by atoms with Gasteiger partial charge in [0, 0.05) is 28.2 Å². The molecule has 0 saturated carbocycles. The van der Waals surface area contributed by atoms with Crippen LogP contribution in [0.25, 0.3) is 10.9 Å². The van der Waals surface area contributed by atoms with E-state index < -0.39 is 35.1 Å². The molecule has 0 radical (unpaired) electrons. The number of benzene rings is 3. The van der Waals surface area contributed by atoms with Gasteiger partial charge in [-0.3, -0.25) is 9.59 Å². The van der Waals surface area contributed by atoms with Crippen LogP contribution in [0.2, 0.25) is 0 Å². The topological polar surface area (TPSA) is 88.3 Å². The summed E-state index contributed by atoms with van der Waals surface area (Å²) in [5.41, 5.74) is -0.930. The van der Waals surface area contributed by atoms with E-state index >= 15 is 0 Å². The summed E-state index contributed by atoms with van der Waals surface area (Å²) in [6.45, 7) is 0. The number of alkyl halides is 3. The number of ether oxygens (including phenoxy) is 1. The van der Waals surface area contributed by atoms with Crippen molar-refractivity contribution in [2.75, 3.05) is 5.32 Å². The van der Waals surface area contributed by atoms with Gasteiger partial charge in [0.1, 0.15) is 5.69 Å². The second-order valence-electron chi connectivity index (χ2n) is 7.36. The predicted octanol–water partition coefficient (Wildman–Crippen LogP) is 5.08. The number of esters is 1. The predicted molar refractivity (Wildman–Crippen MR) is 119 cm³/mol. The first-order valence-electron chi connectivity index (χ1n) is 10.1. The molecule has 4 rings (SSSR count). The van der Waals surface area contributed by atoms with Crippen LogP contribution in [-0.2, 0) is 15.7 Å². The fraction of sp³-hybridized carbons (Fsp3) is 0.0800. The van der Waals surface area contributed by atoms with E-state index in [0.29, 0.717) is 16.5 Å². The molecule has 0 spiro atoms. The van der Waals surface area contributed by atoms with Crippen LogP contribution in [0.1, 0.15) is 27.7 Å². The maximum absolute atomic E-state index is 13.0. The highest BCUT2D eigenvalue weighted by atomic mass is 19.4. The summed E-state index contributed by atoms with van der Waals surface area (Å²) in [6, 6.07) is 19.7. The number of carbonyl (C=O) groups excluding carboxylic acids is 2. The molecule has 0 aliphatic heterocycles. The van der Waals surface area contributed by atoms with E-state index in [4.69, 9.17) is 4.74 Å². The number of halogens is 3. The molecule has 0 bridgehead atoms. The average molecular weight is 466 g/mol. The van der Waals surface area contributed by atoms with Crippen LogP contribution < -0.4 is 10.7 Å². The molecule has 1 amide bonds. The number of para-hydroxylation sites is 1. The Balaban J connectivity index is 1.63. The number of rotatable bonds is 5. The van der Waals surface area contributed by atoms with Gasteiger partial charge in [-0.2, -0.15) is 13.2 Å². The Labute approximate surface area is 191 Å². The molecule has 0 fully saturated rings. The summed E-state index contributed by atoms with van der Waals surface area (Å²) in [5.74, 6) is -1.84. The molecular weight excluding hydrogens is 449 g/mol. The van der Waals surface area contributed by atoms with Crippen LogP contribution in [0.5, 0.6) is 0 Å². The van der Waals surface area contributed by atoms with Crippen molar-refractivity contribution in [2.24, 2.45) is 0 Å². The molecule has 0 unspecified atom stereocenters. The van der Waals surface area contributed by atoms with Crippen LogP contribution >= 0.6 is 0 Å². The molecule has 34 heavy (non-hydrogen) atoms. The molecular formula is C25H17F3N2O4. The summed E-state index contributed by atoms with van der Waals surface area (Å²) in [5, 5.41) is 2.74. The van der Waals surface area contributed by atoms with Crippen molar-refractivity contribution in [2.45, 2.75) is 12.3 Å². The van der Waals surface area contributed by atoms with E-state index in [1.807, 2.05) is 0 Å². The number of nitrogens with one attached hydrogen (secondary N) is 2. The number of pyridine rings is 1. The van der Waals surface area contributed by atoms with Gasteiger partial charge < -0.3 is 15.0 Å². The number of H-pyrrole nitrogens is 1. The van der Waals surface area contributed by atoms with Crippen molar-refractivity contribution < 1.29 is 27.5 Å². The smallest absolute Gasteiger partial charge is 0.416 e. The van der Waals surface area contributed by atoms with E-state index in [0.717, 1.165) is 24.3 Å². The van der Waals surface area contributed by atoms with Gasteiger partial charge in [-0.1, -0.05) is 48.5 Å². The van der Waals surface area contributed by atoms with Crippen molar-refractivity contribution in [3.05, 3.63) is 112 Å². The van der Waals surface area contributed by atoms with Crippen molar-refractivity contribution >= 4 is 28.5 Å². The number of amides is 1. The second kappa shape index (κ2) is 9.22. The van der Waals surface area contributed by atoms with Gasteiger partial charge in [0.25, 0.3) is 5.91 Å². The third-order valence-corrected chi connectivity index (χ3v) is 4.98. The highest BCUT2D eigenvalue weighted by Crippen LogP contribution is 2.31. The standard InChI is InChI=1S/C25H17F3N2O4/c26-25(27,28)16-9-6-10-17(13-16)29-23(32)22(15-7-2-1-3-8-15)34-24(33)20-14-21(31)18-11-4-5-12-19(18)30-20/h1-14,22H,(H,29,32)(H,30,31)/t22-/m0/s1. The SMILES string of the molecule is O=C(O[C@H](C(=O)Nc1cccc(C(F)(F)F)c1)c1ccccc1)c1cc(=O)c2ccccc2[nH]1. The van der Waals surface area contributed by atoms with Gasteiger partial charge in [0.15, 0.2) is 5.43 Å². The van der Waals surface area contributed by atoms with Gasteiger partial charge >= 0.3 is 12.1 Å².